The molecule has 0 fully saturated rings. The maximum Gasteiger partial charge on any atom is 0.135 e. The Hall–Kier alpha value is -7.04. The molecule has 12 rings (SSSR count). The molecule has 4 heteroatoms. The number of nitrogens with zero attached hydrogens (tertiary/aromatic N) is 3. The quantitative estimate of drug-likeness (QED) is 0.185. The monoisotopic (exact) mass is 663 g/mol. The van der Waals surface area contributed by atoms with Crippen molar-refractivity contribution in [2.75, 3.05) is 0 Å². The zero-order valence-corrected chi connectivity index (χ0v) is 28.0. The molecule has 52 heavy (non-hydrogen) atoms. The van der Waals surface area contributed by atoms with E-state index in [0.717, 1.165) is 39.0 Å². The minimum absolute atomic E-state index is 0.900. The second-order valence-corrected chi connectivity index (χ2v) is 13.8. The van der Waals surface area contributed by atoms with E-state index in [1.807, 2.05) is 12.1 Å². The van der Waals surface area contributed by atoms with Gasteiger partial charge in [0.2, 0.25) is 0 Å². The molecule has 0 bridgehead atoms. The standard InChI is InChI=1S/C48H29N3O/c1-2-12-30(13-3-1)49-41-18-8-4-14-33(41)37-26-31(22-24-44(37)49)50-42-19-9-5-15-34(42)38-28-39-35-16-6-10-20-43(35)51(46(39)29-45(38)50)32-23-25-48-40(27-32)36-17-7-11-21-47(36)52-48/h1-29H. The fourth-order valence-corrected chi connectivity index (χ4v) is 8.80. The third-order valence-electron chi connectivity index (χ3n) is 11.0. The molecule has 0 unspecified atom stereocenters. The van der Waals surface area contributed by atoms with Gasteiger partial charge in [-0.25, -0.2) is 0 Å². The normalized spacial score (nSPS) is 12.2. The lowest BCUT2D eigenvalue weighted by Gasteiger charge is -2.11. The number of hydrogen-bond donors (Lipinski definition) is 0. The van der Waals surface area contributed by atoms with Gasteiger partial charge in [-0.3, -0.25) is 0 Å². The van der Waals surface area contributed by atoms with Gasteiger partial charge < -0.3 is 18.1 Å². The van der Waals surface area contributed by atoms with Crippen molar-refractivity contribution in [3.05, 3.63) is 176 Å². The summed E-state index contributed by atoms with van der Waals surface area (Å²) in [6, 6.07) is 63.6. The second kappa shape index (κ2) is 10.3. The number of furan rings is 1. The molecule has 0 saturated carbocycles. The first-order chi connectivity index (χ1) is 25.8. The molecule has 12 aromatic rings. The highest BCUT2D eigenvalue weighted by Crippen LogP contribution is 2.42. The van der Waals surface area contributed by atoms with Crippen LogP contribution in [0.3, 0.4) is 0 Å². The van der Waals surface area contributed by atoms with Crippen molar-refractivity contribution in [3.8, 4) is 17.1 Å². The summed E-state index contributed by atoms with van der Waals surface area (Å²) in [4.78, 5) is 0. The van der Waals surface area contributed by atoms with Crippen LogP contribution in [0.15, 0.2) is 180 Å². The molecule has 0 aliphatic rings. The van der Waals surface area contributed by atoms with Gasteiger partial charge in [-0.1, -0.05) is 91.0 Å². The highest BCUT2D eigenvalue weighted by atomic mass is 16.3. The Labute approximate surface area is 297 Å². The molecular weight excluding hydrogens is 635 g/mol. The fourth-order valence-electron chi connectivity index (χ4n) is 8.80. The number of fused-ring (bicyclic) bond motifs is 12. The Morgan fingerprint density at radius 1 is 0.250 bits per heavy atom. The van der Waals surface area contributed by atoms with Gasteiger partial charge in [0, 0.05) is 60.2 Å². The van der Waals surface area contributed by atoms with E-state index in [0.29, 0.717) is 0 Å². The summed E-state index contributed by atoms with van der Waals surface area (Å²) in [6.45, 7) is 0. The van der Waals surface area contributed by atoms with Gasteiger partial charge in [0.15, 0.2) is 0 Å². The number of para-hydroxylation sites is 5. The van der Waals surface area contributed by atoms with Gasteiger partial charge in [-0.05, 0) is 84.9 Å². The highest BCUT2D eigenvalue weighted by molar-refractivity contribution is 6.20. The van der Waals surface area contributed by atoms with Crippen LogP contribution < -0.4 is 0 Å². The molecule has 0 radical (unpaired) electrons. The smallest absolute Gasteiger partial charge is 0.135 e. The van der Waals surface area contributed by atoms with Crippen molar-refractivity contribution in [1.82, 2.24) is 13.7 Å². The predicted octanol–water partition coefficient (Wildman–Crippen LogP) is 12.9. The summed E-state index contributed by atoms with van der Waals surface area (Å²) in [5.41, 5.74) is 12.4. The van der Waals surface area contributed by atoms with Crippen molar-refractivity contribution in [3.63, 3.8) is 0 Å². The van der Waals surface area contributed by atoms with E-state index >= 15 is 0 Å². The summed E-state index contributed by atoms with van der Waals surface area (Å²) in [5, 5.41) is 9.70. The number of aromatic nitrogens is 3. The Balaban J connectivity index is 1.17. The Morgan fingerprint density at radius 3 is 1.33 bits per heavy atom. The lowest BCUT2D eigenvalue weighted by molar-refractivity contribution is 0.669. The Morgan fingerprint density at radius 2 is 0.692 bits per heavy atom. The largest absolute Gasteiger partial charge is 0.456 e. The average molecular weight is 664 g/mol. The van der Waals surface area contributed by atoms with Crippen LogP contribution in [0.1, 0.15) is 0 Å². The Kier molecular flexibility index (Phi) is 5.47. The van der Waals surface area contributed by atoms with Gasteiger partial charge in [-0.15, -0.1) is 0 Å². The van der Waals surface area contributed by atoms with Crippen LogP contribution in [0.4, 0.5) is 0 Å². The third-order valence-corrected chi connectivity index (χ3v) is 11.0. The summed E-state index contributed by atoms with van der Waals surface area (Å²) in [6.07, 6.45) is 0. The summed E-state index contributed by atoms with van der Waals surface area (Å²) < 4.78 is 13.5. The van der Waals surface area contributed by atoms with Gasteiger partial charge in [0.05, 0.1) is 33.1 Å². The van der Waals surface area contributed by atoms with E-state index in [1.54, 1.807) is 0 Å². The van der Waals surface area contributed by atoms with Crippen LogP contribution >= 0.6 is 0 Å². The maximum absolute atomic E-state index is 6.23. The topological polar surface area (TPSA) is 27.9 Å². The fraction of sp³-hybridized carbons (Fsp3) is 0. The van der Waals surface area contributed by atoms with Gasteiger partial charge in [0.1, 0.15) is 11.2 Å². The molecule has 0 aliphatic carbocycles. The molecule has 8 aromatic carbocycles. The van der Waals surface area contributed by atoms with E-state index in [9.17, 15) is 0 Å². The van der Waals surface area contributed by atoms with E-state index in [4.69, 9.17) is 4.42 Å². The summed E-state index contributed by atoms with van der Waals surface area (Å²) in [5.74, 6) is 0. The van der Waals surface area contributed by atoms with Crippen molar-refractivity contribution >= 4 is 87.4 Å². The van der Waals surface area contributed by atoms with E-state index in [2.05, 4.69) is 177 Å². The number of rotatable bonds is 3. The average Bonchev–Trinajstić information content (AvgIpc) is 3.93. The first-order valence-electron chi connectivity index (χ1n) is 17.8. The highest BCUT2D eigenvalue weighted by Gasteiger charge is 2.20. The van der Waals surface area contributed by atoms with Crippen LogP contribution in [-0.4, -0.2) is 13.7 Å². The lowest BCUT2D eigenvalue weighted by atomic mass is 10.1. The lowest BCUT2D eigenvalue weighted by Crippen LogP contribution is -1.96. The summed E-state index contributed by atoms with van der Waals surface area (Å²) in [7, 11) is 0. The van der Waals surface area contributed by atoms with Gasteiger partial charge >= 0.3 is 0 Å². The van der Waals surface area contributed by atoms with Crippen LogP contribution in [0.25, 0.3) is 104 Å². The maximum atomic E-state index is 6.23. The van der Waals surface area contributed by atoms with E-state index in [-0.39, 0.29) is 0 Å². The molecule has 242 valence electrons. The summed E-state index contributed by atoms with van der Waals surface area (Å²) >= 11 is 0. The van der Waals surface area contributed by atoms with Gasteiger partial charge in [-0.2, -0.15) is 0 Å². The van der Waals surface area contributed by atoms with Crippen LogP contribution in [0.5, 0.6) is 0 Å². The van der Waals surface area contributed by atoms with Crippen LogP contribution in [0, 0.1) is 0 Å². The first kappa shape index (κ1) is 27.7. The van der Waals surface area contributed by atoms with Crippen LogP contribution in [0.2, 0.25) is 0 Å². The van der Waals surface area contributed by atoms with E-state index < -0.39 is 0 Å². The third kappa shape index (κ3) is 3.70. The zero-order chi connectivity index (χ0) is 33.9. The molecule has 4 heterocycles. The second-order valence-electron chi connectivity index (χ2n) is 13.8. The minimum atomic E-state index is 0.900. The predicted molar refractivity (Wildman–Crippen MR) is 217 cm³/mol. The molecule has 0 aliphatic heterocycles. The number of hydrogen-bond acceptors (Lipinski definition) is 1. The first-order valence-corrected chi connectivity index (χ1v) is 17.8. The van der Waals surface area contributed by atoms with Crippen LogP contribution in [-0.2, 0) is 0 Å². The molecule has 0 amide bonds. The van der Waals surface area contributed by atoms with E-state index in [1.165, 1.54) is 65.4 Å². The van der Waals surface area contributed by atoms with Crippen molar-refractivity contribution < 1.29 is 4.42 Å². The van der Waals surface area contributed by atoms with Crippen molar-refractivity contribution in [1.29, 1.82) is 0 Å². The number of benzene rings is 8. The molecule has 0 saturated heterocycles. The van der Waals surface area contributed by atoms with Crippen molar-refractivity contribution in [2.45, 2.75) is 0 Å². The molecule has 0 atom stereocenters. The molecule has 4 aromatic heterocycles. The van der Waals surface area contributed by atoms with Gasteiger partial charge in [0.25, 0.3) is 0 Å². The van der Waals surface area contributed by atoms with Crippen molar-refractivity contribution in [2.24, 2.45) is 0 Å². The molecule has 0 spiro atoms. The molecule has 0 N–H and O–H groups in total. The zero-order valence-electron chi connectivity index (χ0n) is 28.0. The molecular formula is C48H29N3O. The Bertz CT molecular complexity index is 3410. The molecule has 4 nitrogen and oxygen atoms in total. The SMILES string of the molecule is c1ccc(-n2c3ccccc3c3cc(-n4c5ccccc5c5cc6c7ccccc7n(-c7ccc8oc9ccccc9c8c7)c6cc54)ccc32)cc1. The minimum Gasteiger partial charge on any atom is -0.456 e.